The van der Waals surface area contributed by atoms with Gasteiger partial charge in [-0.25, -0.2) is 9.37 Å². The van der Waals surface area contributed by atoms with E-state index in [-0.39, 0.29) is 30.6 Å². The van der Waals surface area contributed by atoms with E-state index in [2.05, 4.69) is 6.58 Å². The van der Waals surface area contributed by atoms with Crippen molar-refractivity contribution in [2.45, 2.75) is 64.0 Å². The molecule has 2 aliphatic heterocycles. The number of carbonyl (C=O) groups is 1. The van der Waals surface area contributed by atoms with Crippen molar-refractivity contribution in [3.8, 4) is 11.4 Å². The molecule has 6 rings (SSSR count). The van der Waals surface area contributed by atoms with Gasteiger partial charge < -0.3 is 14.4 Å². The fraction of sp³-hybridized carbons (Fsp3) is 0.393. The lowest BCUT2D eigenvalue weighted by Gasteiger charge is -2.28. The van der Waals surface area contributed by atoms with Crippen LogP contribution in [0.15, 0.2) is 29.6 Å². The molecule has 1 aliphatic carbocycles. The minimum Gasteiger partial charge on any atom is -0.460 e. The van der Waals surface area contributed by atoms with E-state index in [1.807, 2.05) is 6.07 Å². The van der Waals surface area contributed by atoms with Crippen molar-refractivity contribution in [2.75, 3.05) is 6.61 Å². The van der Waals surface area contributed by atoms with E-state index in [4.69, 9.17) is 9.72 Å². The number of aryl methyl sites for hydroxylation is 2. The number of esters is 1. The third-order valence-corrected chi connectivity index (χ3v) is 7.84. The maximum Gasteiger partial charge on any atom is 0.316 e. The fourth-order valence-corrected chi connectivity index (χ4v) is 5.99. The minimum atomic E-state index is -0.743. The van der Waals surface area contributed by atoms with Crippen LogP contribution in [-0.4, -0.2) is 27.2 Å². The Labute approximate surface area is 202 Å². The number of unbranched alkanes of at least 4 members (excludes halogenated alkanes) is 1. The molecule has 0 unspecified atom stereocenters. The number of benzene rings is 1. The summed E-state index contributed by atoms with van der Waals surface area (Å²) in [5.74, 6) is -0.579. The number of aliphatic hydroxyl groups excluding tert-OH is 1. The molecule has 0 bridgehead atoms. The second-order valence-corrected chi connectivity index (χ2v) is 9.94. The Kier molecular flexibility index (Phi) is 4.97. The van der Waals surface area contributed by atoms with E-state index in [0.717, 1.165) is 39.8 Å². The Morgan fingerprint density at radius 2 is 2.03 bits per heavy atom. The molecule has 1 aromatic carbocycles. The lowest BCUT2D eigenvalue weighted by Crippen LogP contribution is -2.38. The number of cyclic esters (lactones) is 1. The summed E-state index contributed by atoms with van der Waals surface area (Å²) in [5, 5.41) is 10.2. The number of nitrogens with zero attached hydrogens (tertiary/aromatic N) is 2. The number of halogens is 1. The van der Waals surface area contributed by atoms with Crippen molar-refractivity contribution in [1.82, 2.24) is 9.55 Å². The van der Waals surface area contributed by atoms with Crippen molar-refractivity contribution in [3.05, 3.63) is 74.3 Å². The summed E-state index contributed by atoms with van der Waals surface area (Å²) in [6, 6.07) is 3.30. The Hall–Kier alpha value is -3.32. The van der Waals surface area contributed by atoms with Gasteiger partial charge in [-0.05, 0) is 73.8 Å². The van der Waals surface area contributed by atoms with Crippen molar-refractivity contribution in [2.24, 2.45) is 0 Å². The third-order valence-electron chi connectivity index (χ3n) is 7.84. The minimum absolute atomic E-state index is 0.0152. The molecule has 4 heterocycles. The summed E-state index contributed by atoms with van der Waals surface area (Å²) in [5.41, 5.74) is 5.88. The Morgan fingerprint density at radius 1 is 1.23 bits per heavy atom. The molecule has 0 amide bonds. The van der Waals surface area contributed by atoms with E-state index in [0.29, 0.717) is 61.0 Å². The number of fused-ring (bicyclic) bond motifs is 6. The van der Waals surface area contributed by atoms with Crippen LogP contribution >= 0.6 is 0 Å². The maximum atomic E-state index is 14.6. The largest absolute Gasteiger partial charge is 0.460 e. The molecule has 3 aromatic rings. The van der Waals surface area contributed by atoms with Crippen LogP contribution in [0.25, 0.3) is 22.3 Å². The number of carbonyl (C=O) groups excluding carboxylic acids is 1. The van der Waals surface area contributed by atoms with Gasteiger partial charge in [0, 0.05) is 23.6 Å². The van der Waals surface area contributed by atoms with E-state index in [1.165, 1.54) is 6.07 Å². The van der Waals surface area contributed by atoms with Gasteiger partial charge >= 0.3 is 5.97 Å². The van der Waals surface area contributed by atoms with Crippen LogP contribution in [0.4, 0.5) is 4.39 Å². The van der Waals surface area contributed by atoms with Crippen molar-refractivity contribution >= 4 is 16.9 Å². The molecule has 0 radical (unpaired) electrons. The second-order valence-electron chi connectivity index (χ2n) is 9.94. The average Bonchev–Trinajstić information content (AvgIpc) is 3.53. The van der Waals surface area contributed by atoms with E-state index >= 15 is 0 Å². The first kappa shape index (κ1) is 22.2. The Morgan fingerprint density at radius 3 is 2.74 bits per heavy atom. The molecule has 1 spiro atoms. The lowest BCUT2D eigenvalue weighted by molar-refractivity contribution is -0.149. The molecule has 7 heteroatoms. The van der Waals surface area contributed by atoms with E-state index in [1.54, 1.807) is 17.6 Å². The van der Waals surface area contributed by atoms with Crippen LogP contribution < -0.4 is 5.56 Å². The van der Waals surface area contributed by atoms with Gasteiger partial charge in [-0.1, -0.05) is 6.08 Å². The first-order chi connectivity index (χ1) is 16.9. The van der Waals surface area contributed by atoms with Gasteiger partial charge in [-0.2, -0.15) is 0 Å². The standard InChI is InChI=1S/C28H27FN2O4/c1-3-6-17-23-20(14-35-27(34)28(23)8-9-28)26(33)31-13-19-16(7-4-5-10-32)18-11-15(2)21(29)12-22(18)30-24(19)25(17)31/h3,11-12,32H,1,4-10,13-14H2,2H3. The van der Waals surface area contributed by atoms with Crippen molar-refractivity contribution < 1.29 is 19.0 Å². The van der Waals surface area contributed by atoms with Gasteiger partial charge in [-0.3, -0.25) is 9.59 Å². The zero-order valence-electron chi connectivity index (χ0n) is 19.7. The van der Waals surface area contributed by atoms with Crippen LogP contribution in [0.3, 0.4) is 0 Å². The highest BCUT2D eigenvalue weighted by Crippen LogP contribution is 2.55. The molecular formula is C28H27FN2O4. The SMILES string of the molecule is C=CCc1c2c(c(=O)n3c1-c1nc4cc(F)c(C)cc4c(CCCCO)c1C3)COC(=O)C21CC1. The summed E-state index contributed by atoms with van der Waals surface area (Å²) in [6.07, 6.45) is 5.74. The molecular weight excluding hydrogens is 447 g/mol. The topological polar surface area (TPSA) is 81.4 Å². The molecule has 1 N–H and O–H groups in total. The van der Waals surface area contributed by atoms with Gasteiger partial charge in [0.2, 0.25) is 0 Å². The number of hydrogen-bond donors (Lipinski definition) is 1. The van der Waals surface area contributed by atoms with Crippen LogP contribution in [0.5, 0.6) is 0 Å². The van der Waals surface area contributed by atoms with Gasteiger partial charge in [0.1, 0.15) is 12.4 Å². The number of rotatable bonds is 6. The quantitative estimate of drug-likeness (QED) is 0.260. The highest BCUT2D eigenvalue weighted by molar-refractivity contribution is 5.92. The predicted molar refractivity (Wildman–Crippen MR) is 130 cm³/mol. The summed E-state index contributed by atoms with van der Waals surface area (Å²) in [4.78, 5) is 31.4. The van der Waals surface area contributed by atoms with Gasteiger partial charge in [-0.15, -0.1) is 6.58 Å². The number of pyridine rings is 2. The van der Waals surface area contributed by atoms with Crippen molar-refractivity contribution in [3.63, 3.8) is 0 Å². The van der Waals surface area contributed by atoms with Crippen molar-refractivity contribution in [1.29, 1.82) is 0 Å². The first-order valence-corrected chi connectivity index (χ1v) is 12.2. The molecule has 2 aromatic heterocycles. The summed E-state index contributed by atoms with van der Waals surface area (Å²) in [7, 11) is 0. The van der Waals surface area contributed by atoms with E-state index in [9.17, 15) is 19.1 Å². The lowest BCUT2D eigenvalue weighted by atomic mass is 9.83. The first-order valence-electron chi connectivity index (χ1n) is 12.2. The molecule has 0 atom stereocenters. The fourth-order valence-electron chi connectivity index (χ4n) is 5.99. The smallest absolute Gasteiger partial charge is 0.316 e. The Balaban J connectivity index is 1.67. The monoisotopic (exact) mass is 474 g/mol. The Bertz CT molecular complexity index is 1500. The van der Waals surface area contributed by atoms with Gasteiger partial charge in [0.05, 0.1) is 34.4 Å². The number of aliphatic hydroxyl groups is 1. The summed E-state index contributed by atoms with van der Waals surface area (Å²) >= 11 is 0. The van der Waals surface area contributed by atoms with Crippen LogP contribution in [0.1, 0.15) is 59.1 Å². The second kappa shape index (κ2) is 7.85. The summed E-state index contributed by atoms with van der Waals surface area (Å²) in [6.45, 7) is 6.13. The van der Waals surface area contributed by atoms with Gasteiger partial charge in [0.25, 0.3) is 5.56 Å². The molecule has 35 heavy (non-hydrogen) atoms. The maximum absolute atomic E-state index is 14.6. The number of hydrogen-bond acceptors (Lipinski definition) is 5. The molecule has 1 fully saturated rings. The van der Waals surface area contributed by atoms with Crippen LogP contribution in [0.2, 0.25) is 0 Å². The molecule has 0 saturated heterocycles. The predicted octanol–water partition coefficient (Wildman–Crippen LogP) is 4.00. The molecule has 3 aliphatic rings. The average molecular weight is 475 g/mol. The zero-order chi connectivity index (χ0) is 24.5. The summed E-state index contributed by atoms with van der Waals surface area (Å²) < 4.78 is 21.8. The molecule has 1 saturated carbocycles. The van der Waals surface area contributed by atoms with Crippen LogP contribution in [-0.2, 0) is 40.9 Å². The van der Waals surface area contributed by atoms with Gasteiger partial charge in [0.15, 0.2) is 0 Å². The molecule has 180 valence electrons. The van der Waals surface area contributed by atoms with Crippen LogP contribution in [0, 0.1) is 12.7 Å². The number of allylic oxidation sites excluding steroid dienone is 1. The highest BCUT2D eigenvalue weighted by Gasteiger charge is 2.58. The molecule has 6 nitrogen and oxygen atoms in total. The normalized spacial score (nSPS) is 16.7. The zero-order valence-corrected chi connectivity index (χ0v) is 19.7. The highest BCUT2D eigenvalue weighted by atomic mass is 19.1. The number of aromatic nitrogens is 2. The number of ether oxygens (including phenoxy) is 1. The third kappa shape index (κ3) is 3.07. The van der Waals surface area contributed by atoms with E-state index < -0.39 is 5.41 Å².